The van der Waals surface area contributed by atoms with Crippen molar-refractivity contribution >= 4 is 17.6 Å². The van der Waals surface area contributed by atoms with Gasteiger partial charge < -0.3 is 20.4 Å². The number of amides is 3. The lowest BCUT2D eigenvalue weighted by atomic mass is 10.0. The third-order valence-electron chi connectivity index (χ3n) is 5.91. The second-order valence-electron chi connectivity index (χ2n) is 8.43. The van der Waals surface area contributed by atoms with Crippen molar-refractivity contribution in [1.82, 2.24) is 20.1 Å². The van der Waals surface area contributed by atoms with Gasteiger partial charge in [-0.05, 0) is 51.3 Å². The highest BCUT2D eigenvalue weighted by Gasteiger charge is 2.26. The summed E-state index contributed by atoms with van der Waals surface area (Å²) in [5.74, 6) is 0.206. The Bertz CT molecular complexity index is 874. The highest BCUT2D eigenvalue weighted by molar-refractivity contribution is 5.89. The number of likely N-dealkylation sites (tertiary alicyclic amines) is 1. The zero-order chi connectivity index (χ0) is 22.9. The first kappa shape index (κ1) is 23.7. The minimum atomic E-state index is -0.200. The molecular formula is C25H35N5O2. The van der Waals surface area contributed by atoms with Gasteiger partial charge in [0.1, 0.15) is 0 Å². The third kappa shape index (κ3) is 7.05. The summed E-state index contributed by atoms with van der Waals surface area (Å²) in [5.41, 5.74) is 3.58. The van der Waals surface area contributed by atoms with Crippen molar-refractivity contribution in [3.05, 3.63) is 59.4 Å². The van der Waals surface area contributed by atoms with Gasteiger partial charge in [0.25, 0.3) is 0 Å². The van der Waals surface area contributed by atoms with Crippen LogP contribution in [0.5, 0.6) is 0 Å². The van der Waals surface area contributed by atoms with E-state index in [0.29, 0.717) is 19.0 Å². The number of piperidine rings is 1. The number of hydrogen-bond acceptors (Lipinski definition) is 4. The van der Waals surface area contributed by atoms with Gasteiger partial charge in [0.05, 0.1) is 6.42 Å². The summed E-state index contributed by atoms with van der Waals surface area (Å²) in [6.45, 7) is 9.89. The van der Waals surface area contributed by atoms with Crippen molar-refractivity contribution < 1.29 is 9.59 Å². The number of carbonyl (C=O) groups excluding carboxylic acids is 2. The maximum absolute atomic E-state index is 12.8. The van der Waals surface area contributed by atoms with Gasteiger partial charge in [0.2, 0.25) is 5.91 Å². The third-order valence-corrected chi connectivity index (χ3v) is 5.91. The minimum Gasteiger partial charge on any atom is -0.340 e. The fourth-order valence-electron chi connectivity index (χ4n) is 4.37. The average molecular weight is 438 g/mol. The Hall–Kier alpha value is -2.93. The van der Waals surface area contributed by atoms with E-state index < -0.39 is 0 Å². The highest BCUT2D eigenvalue weighted by Crippen LogP contribution is 2.18. The van der Waals surface area contributed by atoms with E-state index in [0.717, 1.165) is 61.7 Å². The molecule has 0 saturated carbocycles. The Morgan fingerprint density at radius 3 is 2.38 bits per heavy atom. The monoisotopic (exact) mass is 437 g/mol. The van der Waals surface area contributed by atoms with Gasteiger partial charge in [-0.2, -0.15) is 0 Å². The molecule has 2 aromatic rings. The Kier molecular flexibility index (Phi) is 8.62. The van der Waals surface area contributed by atoms with E-state index in [2.05, 4.69) is 27.4 Å². The number of rotatable bonds is 8. The van der Waals surface area contributed by atoms with Crippen molar-refractivity contribution in [2.45, 2.75) is 46.1 Å². The number of pyridine rings is 1. The van der Waals surface area contributed by atoms with E-state index in [1.54, 1.807) is 0 Å². The van der Waals surface area contributed by atoms with Gasteiger partial charge in [-0.3, -0.25) is 9.78 Å². The van der Waals surface area contributed by atoms with Gasteiger partial charge >= 0.3 is 6.03 Å². The van der Waals surface area contributed by atoms with Gasteiger partial charge in [0.15, 0.2) is 0 Å². The normalized spacial score (nSPS) is 14.7. The largest absolute Gasteiger partial charge is 0.340 e. The smallest absolute Gasteiger partial charge is 0.319 e. The van der Waals surface area contributed by atoms with E-state index in [-0.39, 0.29) is 11.9 Å². The van der Waals surface area contributed by atoms with Crippen molar-refractivity contribution in [2.24, 2.45) is 0 Å². The van der Waals surface area contributed by atoms with Crippen LogP contribution in [0.3, 0.4) is 0 Å². The fraction of sp³-hybridized carbons (Fsp3) is 0.480. The molecule has 2 N–H and O–H groups in total. The Balaban J connectivity index is 1.38. The van der Waals surface area contributed by atoms with Crippen LogP contribution < -0.4 is 10.6 Å². The molecular weight excluding hydrogens is 402 g/mol. The molecule has 0 bridgehead atoms. The van der Waals surface area contributed by atoms with Gasteiger partial charge in [0, 0.05) is 55.8 Å². The number of carbonyl (C=O) groups is 2. The van der Waals surface area contributed by atoms with Crippen LogP contribution in [0.4, 0.5) is 10.5 Å². The predicted octanol–water partition coefficient (Wildman–Crippen LogP) is 3.38. The van der Waals surface area contributed by atoms with Crippen LogP contribution in [0.25, 0.3) is 0 Å². The summed E-state index contributed by atoms with van der Waals surface area (Å²) in [6, 6.07) is 13.8. The summed E-state index contributed by atoms with van der Waals surface area (Å²) in [4.78, 5) is 33.7. The number of nitrogens with zero attached hydrogens (tertiary/aromatic N) is 3. The van der Waals surface area contributed by atoms with Crippen LogP contribution in [0.2, 0.25) is 0 Å². The first-order valence-corrected chi connectivity index (χ1v) is 11.5. The molecule has 0 radical (unpaired) electrons. The number of benzene rings is 1. The lowest BCUT2D eigenvalue weighted by molar-refractivity contribution is -0.133. The Morgan fingerprint density at radius 2 is 1.75 bits per heavy atom. The number of hydrogen-bond donors (Lipinski definition) is 2. The summed E-state index contributed by atoms with van der Waals surface area (Å²) >= 11 is 0. The number of nitrogens with one attached hydrogen (secondary N) is 2. The highest BCUT2D eigenvalue weighted by atomic mass is 16.2. The second kappa shape index (κ2) is 11.6. The Morgan fingerprint density at radius 1 is 1.09 bits per heavy atom. The first-order chi connectivity index (χ1) is 15.4. The number of urea groups is 1. The van der Waals surface area contributed by atoms with E-state index in [1.807, 2.05) is 61.2 Å². The zero-order valence-corrected chi connectivity index (χ0v) is 19.4. The molecule has 7 heteroatoms. The maximum Gasteiger partial charge on any atom is 0.319 e. The summed E-state index contributed by atoms with van der Waals surface area (Å²) in [6.07, 6.45) is 2.40. The molecule has 1 aliphatic rings. The van der Waals surface area contributed by atoms with Crippen LogP contribution >= 0.6 is 0 Å². The summed E-state index contributed by atoms with van der Waals surface area (Å²) in [5, 5.41) is 5.80. The molecule has 0 spiro atoms. The lowest BCUT2D eigenvalue weighted by Crippen LogP contribution is -2.49. The topological polar surface area (TPSA) is 77.6 Å². The van der Waals surface area contributed by atoms with E-state index in [9.17, 15) is 9.59 Å². The quantitative estimate of drug-likeness (QED) is 0.664. The second-order valence-corrected chi connectivity index (χ2v) is 8.43. The zero-order valence-electron chi connectivity index (χ0n) is 19.4. The van der Waals surface area contributed by atoms with Crippen LogP contribution in [0.15, 0.2) is 42.5 Å². The first-order valence-electron chi connectivity index (χ1n) is 11.5. The van der Waals surface area contributed by atoms with Crippen molar-refractivity contribution in [3.63, 3.8) is 0 Å². The molecule has 3 amide bonds. The van der Waals surface area contributed by atoms with Gasteiger partial charge in [-0.25, -0.2) is 4.79 Å². The van der Waals surface area contributed by atoms with Crippen LogP contribution in [0.1, 0.15) is 36.7 Å². The standard InChI is InChI=1S/C25H35N5O2/c1-4-30(24(31)18-21-8-6-5-7-9-21)23-10-13-29(14-11-23)15-12-26-25(32)28-22-16-19(2)27-20(3)17-22/h5-9,16-17,23H,4,10-15,18H2,1-3H3,(H2,26,27,28,32). The molecule has 1 aliphatic heterocycles. The van der Waals surface area contributed by atoms with Crippen molar-refractivity contribution in [3.8, 4) is 0 Å². The molecule has 1 saturated heterocycles. The molecule has 1 fully saturated rings. The molecule has 1 aromatic carbocycles. The van der Waals surface area contributed by atoms with E-state index in [4.69, 9.17) is 0 Å². The molecule has 3 rings (SSSR count). The van der Waals surface area contributed by atoms with Crippen LogP contribution in [-0.4, -0.2) is 65.5 Å². The molecule has 0 atom stereocenters. The molecule has 2 heterocycles. The van der Waals surface area contributed by atoms with Crippen LogP contribution in [0, 0.1) is 13.8 Å². The van der Waals surface area contributed by atoms with Crippen molar-refractivity contribution in [2.75, 3.05) is 38.0 Å². The number of likely N-dealkylation sites (N-methyl/N-ethyl adjacent to an activating group) is 1. The predicted molar refractivity (Wildman–Crippen MR) is 128 cm³/mol. The van der Waals surface area contributed by atoms with Gasteiger partial charge in [-0.1, -0.05) is 30.3 Å². The molecule has 7 nitrogen and oxygen atoms in total. The fourth-order valence-corrected chi connectivity index (χ4v) is 4.37. The number of aromatic nitrogens is 1. The Labute approximate surface area is 191 Å². The minimum absolute atomic E-state index is 0.200. The summed E-state index contributed by atoms with van der Waals surface area (Å²) in [7, 11) is 0. The maximum atomic E-state index is 12.8. The number of aryl methyl sites for hydroxylation is 2. The molecule has 0 unspecified atom stereocenters. The van der Waals surface area contributed by atoms with E-state index >= 15 is 0 Å². The van der Waals surface area contributed by atoms with E-state index in [1.165, 1.54) is 0 Å². The average Bonchev–Trinajstić information content (AvgIpc) is 2.75. The molecule has 1 aromatic heterocycles. The SMILES string of the molecule is CCN(C(=O)Cc1ccccc1)C1CCN(CCNC(=O)Nc2cc(C)nc(C)c2)CC1. The van der Waals surface area contributed by atoms with Gasteiger partial charge in [-0.15, -0.1) is 0 Å². The van der Waals surface area contributed by atoms with Crippen molar-refractivity contribution in [1.29, 1.82) is 0 Å². The molecule has 32 heavy (non-hydrogen) atoms. The summed E-state index contributed by atoms with van der Waals surface area (Å²) < 4.78 is 0. The number of anilines is 1. The molecule has 0 aliphatic carbocycles. The lowest BCUT2D eigenvalue weighted by Gasteiger charge is -2.38. The molecule has 172 valence electrons. The van der Waals surface area contributed by atoms with Crippen LogP contribution in [-0.2, 0) is 11.2 Å².